The van der Waals surface area contributed by atoms with Crippen molar-refractivity contribution < 1.29 is 9.90 Å². The Morgan fingerprint density at radius 1 is 1.00 bits per heavy atom. The van der Waals surface area contributed by atoms with E-state index in [1.807, 2.05) is 0 Å². The van der Waals surface area contributed by atoms with E-state index >= 15 is 0 Å². The van der Waals surface area contributed by atoms with Crippen LogP contribution in [0.4, 0.5) is 0 Å². The number of halogens is 1. The molecule has 0 aromatic carbocycles. The molecule has 0 aromatic heterocycles. The van der Waals surface area contributed by atoms with Crippen LogP contribution in [-0.4, -0.2) is 21.3 Å². The molecule has 3 rings (SSSR count). The van der Waals surface area contributed by atoms with Gasteiger partial charge in [0.05, 0.1) is 5.60 Å². The Labute approximate surface area is 136 Å². The third-order valence-corrected chi connectivity index (χ3v) is 7.30. The number of aliphatic hydroxyl groups is 1. The summed E-state index contributed by atoms with van der Waals surface area (Å²) >= 11 is 3.91. The number of alkyl halides is 1. The largest absolute Gasteiger partial charge is 0.385 e. The van der Waals surface area contributed by atoms with Crippen LogP contribution in [0.3, 0.4) is 0 Å². The Morgan fingerprint density at radius 2 is 1.62 bits per heavy atom. The van der Waals surface area contributed by atoms with Crippen LogP contribution in [0, 0.1) is 16.2 Å². The van der Waals surface area contributed by atoms with Gasteiger partial charge in [-0.15, -0.1) is 0 Å². The predicted octanol–water partition coefficient (Wildman–Crippen LogP) is 4.40. The van der Waals surface area contributed by atoms with E-state index in [4.69, 9.17) is 0 Å². The average molecular weight is 355 g/mol. The number of allylic oxidation sites excluding steroid dienone is 1. The first-order chi connectivity index (χ1) is 9.38. The van der Waals surface area contributed by atoms with Crippen LogP contribution < -0.4 is 0 Å². The molecular formula is C18H27BrO2. The second kappa shape index (κ2) is 4.23. The lowest BCUT2D eigenvalue weighted by atomic mass is 9.49. The topological polar surface area (TPSA) is 37.3 Å². The summed E-state index contributed by atoms with van der Waals surface area (Å²) in [6.45, 7) is 11.0. The van der Waals surface area contributed by atoms with Crippen molar-refractivity contribution in [2.75, 3.05) is 0 Å². The van der Waals surface area contributed by atoms with Gasteiger partial charge < -0.3 is 5.11 Å². The van der Waals surface area contributed by atoms with Crippen LogP contribution >= 0.6 is 15.9 Å². The van der Waals surface area contributed by atoms with Crippen LogP contribution in [0.15, 0.2) is 11.1 Å². The van der Waals surface area contributed by atoms with Gasteiger partial charge >= 0.3 is 0 Å². The smallest absolute Gasteiger partial charge is 0.162 e. The molecule has 3 unspecified atom stereocenters. The van der Waals surface area contributed by atoms with Crippen molar-refractivity contribution in [1.29, 1.82) is 0 Å². The molecule has 3 aliphatic rings. The SMILES string of the molecule is CC1(C)CC(=O)C2=C(C1)C(Br)C1(C)CC(C)(C)CC2(O)C1. The molecule has 1 N–H and O–H groups in total. The van der Waals surface area contributed by atoms with Crippen LogP contribution in [0.25, 0.3) is 0 Å². The van der Waals surface area contributed by atoms with Gasteiger partial charge in [-0.1, -0.05) is 50.5 Å². The van der Waals surface area contributed by atoms with Crippen molar-refractivity contribution in [1.82, 2.24) is 0 Å². The zero-order valence-corrected chi connectivity index (χ0v) is 15.4. The maximum Gasteiger partial charge on any atom is 0.162 e. The van der Waals surface area contributed by atoms with E-state index in [0.29, 0.717) is 19.3 Å². The third kappa shape index (κ3) is 2.35. The van der Waals surface area contributed by atoms with Gasteiger partial charge in [0, 0.05) is 16.8 Å². The highest BCUT2D eigenvalue weighted by atomic mass is 79.9. The molecular weight excluding hydrogens is 328 g/mol. The molecule has 0 aliphatic heterocycles. The lowest BCUT2D eigenvalue weighted by Crippen LogP contribution is -2.58. The van der Waals surface area contributed by atoms with E-state index in [-0.39, 0.29) is 26.9 Å². The van der Waals surface area contributed by atoms with Crippen molar-refractivity contribution in [2.45, 2.75) is 77.2 Å². The highest BCUT2D eigenvalue weighted by molar-refractivity contribution is 9.09. The van der Waals surface area contributed by atoms with Crippen LogP contribution in [-0.2, 0) is 4.79 Å². The fraction of sp³-hybridized carbons (Fsp3) is 0.833. The van der Waals surface area contributed by atoms with Crippen molar-refractivity contribution in [3.05, 3.63) is 11.1 Å². The lowest BCUT2D eigenvalue weighted by molar-refractivity contribution is -0.127. The molecule has 0 heterocycles. The number of carbonyl (C=O) groups excluding carboxylic acids is 1. The standard InChI is InChI=1S/C18H27BrO2/c1-15(2)6-11-13(12(20)7-15)18(21)9-16(3,4)8-17(5,10-18)14(11)19/h14,21H,6-10H2,1-5H3. The van der Waals surface area contributed by atoms with Crippen molar-refractivity contribution in [3.8, 4) is 0 Å². The van der Waals surface area contributed by atoms with Crippen LogP contribution in [0.1, 0.15) is 66.7 Å². The van der Waals surface area contributed by atoms with E-state index in [1.54, 1.807) is 0 Å². The number of fused-ring (bicyclic) bond motifs is 3. The first kappa shape index (κ1) is 15.7. The molecule has 118 valence electrons. The predicted molar refractivity (Wildman–Crippen MR) is 88.5 cm³/mol. The molecule has 0 aromatic rings. The maximum absolute atomic E-state index is 12.8. The van der Waals surface area contributed by atoms with Gasteiger partial charge in [-0.3, -0.25) is 4.79 Å². The number of hydrogen-bond acceptors (Lipinski definition) is 2. The summed E-state index contributed by atoms with van der Waals surface area (Å²) in [5.41, 5.74) is 1.14. The Kier molecular flexibility index (Phi) is 3.17. The normalized spacial score (nSPS) is 44.5. The summed E-state index contributed by atoms with van der Waals surface area (Å²) < 4.78 is 0. The maximum atomic E-state index is 12.8. The molecule has 2 bridgehead atoms. The highest BCUT2D eigenvalue weighted by Crippen LogP contribution is 2.63. The van der Waals surface area contributed by atoms with Crippen molar-refractivity contribution in [3.63, 3.8) is 0 Å². The van der Waals surface area contributed by atoms with Gasteiger partial charge in [-0.25, -0.2) is 0 Å². The molecule has 3 aliphatic carbocycles. The Balaban J connectivity index is 2.19. The van der Waals surface area contributed by atoms with E-state index in [9.17, 15) is 9.90 Å². The zero-order valence-electron chi connectivity index (χ0n) is 13.8. The van der Waals surface area contributed by atoms with Crippen LogP contribution in [0.5, 0.6) is 0 Å². The first-order valence-electron chi connectivity index (χ1n) is 8.01. The summed E-state index contributed by atoms with van der Waals surface area (Å²) in [5, 5.41) is 11.4. The van der Waals surface area contributed by atoms with Gasteiger partial charge in [0.1, 0.15) is 0 Å². The van der Waals surface area contributed by atoms with Gasteiger partial charge in [0.15, 0.2) is 5.78 Å². The molecule has 3 atom stereocenters. The summed E-state index contributed by atoms with van der Waals surface area (Å²) in [6, 6.07) is 0. The zero-order chi connectivity index (χ0) is 15.8. The molecule has 0 spiro atoms. The second-order valence-corrected chi connectivity index (χ2v) is 10.5. The van der Waals surface area contributed by atoms with Crippen molar-refractivity contribution >= 4 is 21.7 Å². The monoisotopic (exact) mass is 354 g/mol. The van der Waals surface area contributed by atoms with E-state index in [1.165, 1.54) is 5.57 Å². The highest BCUT2D eigenvalue weighted by Gasteiger charge is 2.60. The molecule has 3 heteroatoms. The number of rotatable bonds is 0. The summed E-state index contributed by atoms with van der Waals surface area (Å²) in [4.78, 5) is 13.0. The number of hydrogen-bond donors (Lipinski definition) is 1. The van der Waals surface area contributed by atoms with Gasteiger partial charge in [-0.2, -0.15) is 0 Å². The molecule has 0 radical (unpaired) electrons. The Hall–Kier alpha value is -0.150. The van der Waals surface area contributed by atoms with Gasteiger partial charge in [0.2, 0.25) is 0 Å². The third-order valence-electron chi connectivity index (χ3n) is 5.64. The molecule has 2 nitrogen and oxygen atoms in total. The fourth-order valence-electron chi connectivity index (χ4n) is 5.66. The molecule has 21 heavy (non-hydrogen) atoms. The minimum atomic E-state index is -0.913. The minimum absolute atomic E-state index is 0.00973. The summed E-state index contributed by atoms with van der Waals surface area (Å²) in [7, 11) is 0. The van der Waals surface area contributed by atoms with Crippen molar-refractivity contribution in [2.24, 2.45) is 16.2 Å². The second-order valence-electron chi connectivity index (χ2n) is 9.58. The Morgan fingerprint density at radius 3 is 2.24 bits per heavy atom. The molecule has 0 amide bonds. The van der Waals surface area contributed by atoms with Gasteiger partial charge in [0.25, 0.3) is 0 Å². The fourth-order valence-corrected chi connectivity index (χ4v) is 6.37. The van der Waals surface area contributed by atoms with Crippen LogP contribution in [0.2, 0.25) is 0 Å². The quantitative estimate of drug-likeness (QED) is 0.654. The summed E-state index contributed by atoms with van der Waals surface area (Å²) in [5.74, 6) is 0.174. The molecule has 0 saturated heterocycles. The average Bonchev–Trinajstić information content (AvgIpc) is 2.19. The van der Waals surface area contributed by atoms with Gasteiger partial charge in [-0.05, 0) is 47.5 Å². The number of carbonyl (C=O) groups is 1. The number of ketones is 1. The molecule has 1 fully saturated rings. The minimum Gasteiger partial charge on any atom is -0.385 e. The molecule has 1 saturated carbocycles. The Bertz CT molecular complexity index is 545. The lowest BCUT2D eigenvalue weighted by Gasteiger charge is -2.59. The summed E-state index contributed by atoms with van der Waals surface area (Å²) in [6.07, 6.45) is 3.99. The van der Waals surface area contributed by atoms with E-state index in [0.717, 1.165) is 18.4 Å². The first-order valence-corrected chi connectivity index (χ1v) is 8.92. The number of Topliss-reactive ketones (excluding diaryl/α,β-unsaturated/α-hetero) is 1. The van der Waals surface area contributed by atoms with E-state index < -0.39 is 5.60 Å². The van der Waals surface area contributed by atoms with E-state index in [2.05, 4.69) is 50.5 Å².